The van der Waals surface area contributed by atoms with Crippen LogP contribution in [0.5, 0.6) is 5.75 Å². The van der Waals surface area contributed by atoms with E-state index in [2.05, 4.69) is 15.1 Å². The Morgan fingerprint density at radius 1 is 1.14 bits per heavy atom. The van der Waals surface area contributed by atoms with Gasteiger partial charge in [0.05, 0.1) is 11.7 Å². The maximum Gasteiger partial charge on any atom is 0.573 e. The third-order valence-corrected chi connectivity index (χ3v) is 2.84. The van der Waals surface area contributed by atoms with Gasteiger partial charge in [0.15, 0.2) is 0 Å². The highest BCUT2D eigenvalue weighted by Gasteiger charge is 2.30. The van der Waals surface area contributed by atoms with E-state index in [1.54, 1.807) is 24.4 Å². The predicted octanol–water partition coefficient (Wildman–Crippen LogP) is 2.73. The number of halogens is 3. The van der Waals surface area contributed by atoms with E-state index in [-0.39, 0.29) is 11.8 Å². The molecule has 0 saturated heterocycles. The number of ether oxygens (including phenoxy) is 1. The third-order valence-electron chi connectivity index (χ3n) is 2.84. The van der Waals surface area contributed by atoms with E-state index < -0.39 is 6.36 Å². The summed E-state index contributed by atoms with van der Waals surface area (Å²) in [6.45, 7) is 0. The number of rotatable bonds is 5. The van der Waals surface area contributed by atoms with Crippen molar-refractivity contribution in [2.24, 2.45) is 5.84 Å². The Balaban J connectivity index is 2.05. The van der Waals surface area contributed by atoms with Gasteiger partial charge in [0.2, 0.25) is 0 Å². The van der Waals surface area contributed by atoms with E-state index in [1.165, 1.54) is 12.1 Å². The molecule has 112 valence electrons. The maximum atomic E-state index is 12.1. The Morgan fingerprint density at radius 3 is 2.38 bits per heavy atom. The number of nitrogens with two attached hydrogens (primary N) is 1. The lowest BCUT2D eigenvalue weighted by Gasteiger charge is -2.15. The van der Waals surface area contributed by atoms with E-state index in [0.29, 0.717) is 6.42 Å². The molecule has 1 aromatic heterocycles. The van der Waals surface area contributed by atoms with Crippen LogP contribution in [0.4, 0.5) is 13.2 Å². The van der Waals surface area contributed by atoms with Gasteiger partial charge in [0, 0.05) is 6.20 Å². The van der Waals surface area contributed by atoms with Gasteiger partial charge in [-0.3, -0.25) is 16.3 Å². The molecule has 1 atom stereocenters. The largest absolute Gasteiger partial charge is 0.573 e. The van der Waals surface area contributed by atoms with E-state index in [4.69, 9.17) is 5.84 Å². The summed E-state index contributed by atoms with van der Waals surface area (Å²) >= 11 is 0. The minimum Gasteiger partial charge on any atom is -0.406 e. The van der Waals surface area contributed by atoms with Gasteiger partial charge in [0.25, 0.3) is 0 Å². The summed E-state index contributed by atoms with van der Waals surface area (Å²) in [5.74, 6) is 5.25. The summed E-state index contributed by atoms with van der Waals surface area (Å²) in [6.07, 6.45) is -2.53. The van der Waals surface area contributed by atoms with Crippen LogP contribution in [-0.4, -0.2) is 11.3 Å². The summed E-state index contributed by atoms with van der Waals surface area (Å²) in [5.41, 5.74) is 4.22. The zero-order chi connectivity index (χ0) is 15.3. The lowest BCUT2D eigenvalue weighted by molar-refractivity contribution is -0.274. The number of benzene rings is 1. The van der Waals surface area contributed by atoms with Crippen molar-refractivity contribution in [1.29, 1.82) is 0 Å². The fourth-order valence-corrected chi connectivity index (χ4v) is 1.89. The second kappa shape index (κ2) is 6.55. The number of hydrazine groups is 1. The van der Waals surface area contributed by atoms with Gasteiger partial charge < -0.3 is 4.74 Å². The molecular weight excluding hydrogens is 283 g/mol. The highest BCUT2D eigenvalue weighted by Crippen LogP contribution is 2.24. The number of hydrogen-bond donors (Lipinski definition) is 2. The van der Waals surface area contributed by atoms with Gasteiger partial charge in [-0.25, -0.2) is 0 Å². The van der Waals surface area contributed by atoms with Crippen LogP contribution in [0.15, 0.2) is 48.7 Å². The Hall–Kier alpha value is -2.12. The van der Waals surface area contributed by atoms with Crippen molar-refractivity contribution >= 4 is 0 Å². The third kappa shape index (κ3) is 4.73. The van der Waals surface area contributed by atoms with Crippen molar-refractivity contribution < 1.29 is 17.9 Å². The Kier molecular flexibility index (Phi) is 4.77. The van der Waals surface area contributed by atoms with Crippen molar-refractivity contribution in [2.45, 2.75) is 18.8 Å². The van der Waals surface area contributed by atoms with E-state index in [0.717, 1.165) is 11.3 Å². The SMILES string of the molecule is NNC(Cc1ccc(OC(F)(F)F)cc1)c1ccccn1. The van der Waals surface area contributed by atoms with E-state index in [9.17, 15) is 13.2 Å². The molecule has 3 N–H and O–H groups in total. The first-order valence-corrected chi connectivity index (χ1v) is 6.19. The molecule has 1 heterocycles. The van der Waals surface area contributed by atoms with Crippen LogP contribution in [0.2, 0.25) is 0 Å². The van der Waals surface area contributed by atoms with Crippen LogP contribution in [0.1, 0.15) is 17.3 Å². The van der Waals surface area contributed by atoms with Crippen molar-refractivity contribution in [1.82, 2.24) is 10.4 Å². The molecule has 0 amide bonds. The van der Waals surface area contributed by atoms with Gasteiger partial charge in [-0.05, 0) is 36.2 Å². The van der Waals surface area contributed by atoms with Crippen LogP contribution in [0.3, 0.4) is 0 Å². The number of hydrogen-bond acceptors (Lipinski definition) is 4. The highest BCUT2D eigenvalue weighted by molar-refractivity contribution is 5.28. The number of alkyl halides is 3. The molecule has 0 saturated carbocycles. The molecule has 2 aromatic rings. The lowest BCUT2D eigenvalue weighted by atomic mass is 10.0. The predicted molar refractivity (Wildman–Crippen MR) is 71.1 cm³/mol. The molecule has 0 spiro atoms. The normalized spacial score (nSPS) is 13.0. The summed E-state index contributed by atoms with van der Waals surface area (Å²) in [5, 5.41) is 0. The standard InChI is InChI=1S/C14H14F3N3O/c15-14(16,17)21-11-6-4-10(5-7-11)9-13(20-18)12-3-1-2-8-19-12/h1-8,13,20H,9,18H2. The molecule has 0 aliphatic rings. The second-order valence-electron chi connectivity index (χ2n) is 4.37. The molecule has 21 heavy (non-hydrogen) atoms. The van der Waals surface area contributed by atoms with Crippen LogP contribution in [0, 0.1) is 0 Å². The molecular formula is C14H14F3N3O. The molecule has 7 heteroatoms. The number of aromatic nitrogens is 1. The zero-order valence-electron chi connectivity index (χ0n) is 11.0. The summed E-state index contributed by atoms with van der Waals surface area (Å²) < 4.78 is 40.0. The Labute approximate surface area is 119 Å². The lowest BCUT2D eigenvalue weighted by Crippen LogP contribution is -2.30. The fraction of sp³-hybridized carbons (Fsp3) is 0.214. The highest BCUT2D eigenvalue weighted by atomic mass is 19.4. The maximum absolute atomic E-state index is 12.1. The molecule has 0 bridgehead atoms. The molecule has 4 nitrogen and oxygen atoms in total. The van der Waals surface area contributed by atoms with Crippen LogP contribution < -0.4 is 16.0 Å². The summed E-state index contributed by atoms with van der Waals surface area (Å²) in [6, 6.07) is 10.9. The fourth-order valence-electron chi connectivity index (χ4n) is 1.89. The summed E-state index contributed by atoms with van der Waals surface area (Å²) in [4.78, 5) is 4.20. The molecule has 0 fully saturated rings. The number of pyridine rings is 1. The van der Waals surface area contributed by atoms with Crippen molar-refractivity contribution in [3.05, 3.63) is 59.9 Å². The molecule has 0 radical (unpaired) electrons. The van der Waals surface area contributed by atoms with E-state index >= 15 is 0 Å². The van der Waals surface area contributed by atoms with Gasteiger partial charge in [-0.2, -0.15) is 0 Å². The van der Waals surface area contributed by atoms with Gasteiger partial charge in [-0.15, -0.1) is 13.2 Å². The van der Waals surface area contributed by atoms with Gasteiger partial charge in [-0.1, -0.05) is 18.2 Å². The first kappa shape index (κ1) is 15.3. The average Bonchev–Trinajstić information content (AvgIpc) is 2.46. The van der Waals surface area contributed by atoms with Crippen molar-refractivity contribution in [3.8, 4) is 5.75 Å². The van der Waals surface area contributed by atoms with E-state index in [1.807, 2.05) is 12.1 Å². The molecule has 0 aliphatic carbocycles. The Morgan fingerprint density at radius 2 is 1.86 bits per heavy atom. The first-order chi connectivity index (χ1) is 9.98. The average molecular weight is 297 g/mol. The van der Waals surface area contributed by atoms with Gasteiger partial charge in [0.1, 0.15) is 5.75 Å². The Bertz CT molecular complexity index is 558. The molecule has 0 aliphatic heterocycles. The van der Waals surface area contributed by atoms with Crippen LogP contribution >= 0.6 is 0 Å². The smallest absolute Gasteiger partial charge is 0.406 e. The minimum atomic E-state index is -4.68. The van der Waals surface area contributed by atoms with Crippen LogP contribution in [0.25, 0.3) is 0 Å². The monoisotopic (exact) mass is 297 g/mol. The summed E-state index contributed by atoms with van der Waals surface area (Å²) in [7, 11) is 0. The molecule has 1 unspecified atom stereocenters. The minimum absolute atomic E-state index is 0.222. The number of nitrogens with one attached hydrogen (secondary N) is 1. The van der Waals surface area contributed by atoms with Gasteiger partial charge >= 0.3 is 6.36 Å². The first-order valence-electron chi connectivity index (χ1n) is 6.19. The quantitative estimate of drug-likeness (QED) is 0.658. The van der Waals surface area contributed by atoms with Crippen molar-refractivity contribution in [2.75, 3.05) is 0 Å². The topological polar surface area (TPSA) is 60.2 Å². The molecule has 1 aromatic carbocycles. The second-order valence-corrected chi connectivity index (χ2v) is 4.37. The zero-order valence-corrected chi connectivity index (χ0v) is 11.0. The molecule has 2 rings (SSSR count). The van der Waals surface area contributed by atoms with Crippen LogP contribution in [-0.2, 0) is 6.42 Å². The number of nitrogens with zero attached hydrogens (tertiary/aromatic N) is 1. The van der Waals surface area contributed by atoms with Crippen molar-refractivity contribution in [3.63, 3.8) is 0 Å².